The van der Waals surface area contributed by atoms with Gasteiger partial charge in [-0.3, -0.25) is 9.36 Å². The van der Waals surface area contributed by atoms with Gasteiger partial charge >= 0.3 is 0 Å². The first-order valence-electron chi connectivity index (χ1n) is 8.26. The Bertz CT molecular complexity index is 1070. The molecule has 7 nitrogen and oxygen atoms in total. The topological polar surface area (TPSA) is 95.6 Å². The van der Waals surface area contributed by atoms with Gasteiger partial charge in [-0.25, -0.2) is 4.39 Å². The summed E-state index contributed by atoms with van der Waals surface area (Å²) in [6, 6.07) is 8.15. The van der Waals surface area contributed by atoms with E-state index in [1.807, 2.05) is 6.92 Å². The summed E-state index contributed by atoms with van der Waals surface area (Å²) in [6.45, 7) is 3.63. The minimum Gasteiger partial charge on any atom is -0.363 e. The molecule has 0 aliphatic rings. The Morgan fingerprint density at radius 2 is 2.18 bits per heavy atom. The number of amides is 1. The van der Waals surface area contributed by atoms with Gasteiger partial charge in [0.2, 0.25) is 11.0 Å². The van der Waals surface area contributed by atoms with Crippen molar-refractivity contribution < 1.29 is 9.18 Å². The molecule has 2 N–H and O–H groups in total. The van der Waals surface area contributed by atoms with Gasteiger partial charge in [-0.05, 0) is 37.6 Å². The Morgan fingerprint density at radius 3 is 2.82 bits per heavy atom. The number of aromatic nitrogens is 3. The van der Waals surface area contributed by atoms with Gasteiger partial charge in [0.1, 0.15) is 17.7 Å². The predicted molar refractivity (Wildman–Crippen MR) is 109 cm³/mol. The number of nitrogens with zero attached hydrogens (tertiary/aromatic N) is 4. The molecule has 3 rings (SSSR count). The van der Waals surface area contributed by atoms with Crippen molar-refractivity contribution in [1.29, 1.82) is 5.26 Å². The molecule has 0 bridgehead atoms. The van der Waals surface area contributed by atoms with E-state index in [0.29, 0.717) is 26.5 Å². The lowest BCUT2D eigenvalue weighted by molar-refractivity contribution is -0.113. The number of carbonyl (C=O) groups excluding carboxylic acids is 1. The highest BCUT2D eigenvalue weighted by Crippen LogP contribution is 2.31. The van der Waals surface area contributed by atoms with Crippen molar-refractivity contribution in [2.24, 2.45) is 0 Å². The molecule has 0 fully saturated rings. The SMILES string of the molecule is CNc1nnc(SCC(=O)Nc2c(C#N)c(C)c(C)n2-c2cccc(F)c2)s1. The molecule has 3 aromatic rings. The highest BCUT2D eigenvalue weighted by atomic mass is 32.2. The van der Waals surface area contributed by atoms with E-state index in [2.05, 4.69) is 26.9 Å². The van der Waals surface area contributed by atoms with E-state index >= 15 is 0 Å². The van der Waals surface area contributed by atoms with Crippen LogP contribution in [0.25, 0.3) is 5.69 Å². The monoisotopic (exact) mass is 416 g/mol. The van der Waals surface area contributed by atoms with Gasteiger partial charge in [0, 0.05) is 12.7 Å². The number of thioether (sulfide) groups is 1. The normalized spacial score (nSPS) is 10.5. The van der Waals surface area contributed by atoms with E-state index in [1.165, 1.54) is 35.2 Å². The van der Waals surface area contributed by atoms with Crippen LogP contribution in [0, 0.1) is 31.0 Å². The third-order valence-electron chi connectivity index (χ3n) is 4.10. The second kappa shape index (κ2) is 8.41. The molecule has 144 valence electrons. The van der Waals surface area contributed by atoms with E-state index in [-0.39, 0.29) is 11.7 Å². The van der Waals surface area contributed by atoms with Crippen molar-refractivity contribution in [3.63, 3.8) is 0 Å². The molecule has 2 heterocycles. The van der Waals surface area contributed by atoms with Crippen molar-refractivity contribution in [1.82, 2.24) is 14.8 Å². The number of halogens is 1. The highest BCUT2D eigenvalue weighted by molar-refractivity contribution is 8.01. The number of nitriles is 1. The minimum absolute atomic E-state index is 0.107. The first-order valence-corrected chi connectivity index (χ1v) is 10.1. The van der Waals surface area contributed by atoms with Crippen molar-refractivity contribution in [2.75, 3.05) is 23.4 Å². The molecule has 0 saturated heterocycles. The molecule has 0 aliphatic heterocycles. The summed E-state index contributed by atoms with van der Waals surface area (Å²) in [7, 11) is 1.75. The molecule has 1 aromatic carbocycles. The number of benzene rings is 1. The lowest BCUT2D eigenvalue weighted by Gasteiger charge is -2.13. The van der Waals surface area contributed by atoms with E-state index in [0.717, 1.165) is 11.3 Å². The Morgan fingerprint density at radius 1 is 1.39 bits per heavy atom. The fraction of sp³-hybridized carbons (Fsp3) is 0.222. The number of hydrogen-bond donors (Lipinski definition) is 2. The summed E-state index contributed by atoms with van der Waals surface area (Å²) in [5, 5.41) is 23.8. The lowest BCUT2D eigenvalue weighted by atomic mass is 10.2. The van der Waals surface area contributed by atoms with Crippen LogP contribution in [0.15, 0.2) is 28.6 Å². The van der Waals surface area contributed by atoms with E-state index in [4.69, 9.17) is 0 Å². The number of hydrogen-bond acceptors (Lipinski definition) is 7. The summed E-state index contributed by atoms with van der Waals surface area (Å²) in [5.74, 6) is -0.249. The van der Waals surface area contributed by atoms with E-state index in [9.17, 15) is 14.4 Å². The maximum atomic E-state index is 13.7. The van der Waals surface area contributed by atoms with Crippen LogP contribution >= 0.6 is 23.1 Å². The van der Waals surface area contributed by atoms with E-state index < -0.39 is 5.82 Å². The Balaban J connectivity index is 1.87. The van der Waals surface area contributed by atoms with Crippen LogP contribution in [-0.4, -0.2) is 33.5 Å². The van der Waals surface area contributed by atoms with Crippen LogP contribution in [0.2, 0.25) is 0 Å². The summed E-state index contributed by atoms with van der Waals surface area (Å²) in [6.07, 6.45) is 0. The fourth-order valence-corrected chi connectivity index (χ4v) is 4.17. The third kappa shape index (κ3) is 4.00. The van der Waals surface area contributed by atoms with Gasteiger partial charge in [-0.15, -0.1) is 10.2 Å². The van der Waals surface area contributed by atoms with E-state index in [1.54, 1.807) is 30.7 Å². The minimum atomic E-state index is -0.397. The van der Waals surface area contributed by atoms with Crippen LogP contribution in [0.4, 0.5) is 15.3 Å². The quantitative estimate of drug-likeness (QED) is 0.595. The zero-order valence-corrected chi connectivity index (χ0v) is 17.0. The van der Waals surface area contributed by atoms with Crippen molar-refractivity contribution >= 4 is 40.0 Å². The maximum absolute atomic E-state index is 13.7. The standard InChI is InChI=1S/C18H17FN6OS2/c1-10-11(2)25(13-6-4-5-12(19)7-13)16(14(10)8-20)22-15(26)9-27-18-24-23-17(21-3)28-18/h4-7H,9H2,1-3H3,(H,21,23)(H,22,26). The highest BCUT2D eigenvalue weighted by Gasteiger charge is 2.21. The molecule has 2 aromatic heterocycles. The van der Waals surface area contributed by atoms with Crippen LogP contribution < -0.4 is 10.6 Å². The second-order valence-corrected chi connectivity index (χ2v) is 8.02. The van der Waals surface area contributed by atoms with Gasteiger partial charge in [-0.2, -0.15) is 5.26 Å². The lowest BCUT2D eigenvalue weighted by Crippen LogP contribution is -2.17. The van der Waals surface area contributed by atoms with Gasteiger partial charge in [0.15, 0.2) is 4.34 Å². The van der Waals surface area contributed by atoms with Crippen LogP contribution in [0.5, 0.6) is 0 Å². The summed E-state index contributed by atoms with van der Waals surface area (Å²) in [4.78, 5) is 12.5. The Labute approximate surface area is 169 Å². The Kier molecular flexibility index (Phi) is 5.96. The summed E-state index contributed by atoms with van der Waals surface area (Å²) < 4.78 is 16.1. The molecule has 10 heteroatoms. The fourth-order valence-electron chi connectivity index (χ4n) is 2.66. The molecular weight excluding hydrogens is 399 g/mol. The smallest absolute Gasteiger partial charge is 0.235 e. The zero-order chi connectivity index (χ0) is 20.3. The summed E-state index contributed by atoms with van der Waals surface area (Å²) in [5.41, 5.74) is 2.38. The molecule has 0 spiro atoms. The first kappa shape index (κ1) is 19.9. The molecule has 0 atom stereocenters. The van der Waals surface area contributed by atoms with Crippen molar-refractivity contribution in [3.8, 4) is 11.8 Å². The van der Waals surface area contributed by atoms with Gasteiger partial charge in [-0.1, -0.05) is 29.2 Å². The zero-order valence-electron chi connectivity index (χ0n) is 15.4. The summed E-state index contributed by atoms with van der Waals surface area (Å²) >= 11 is 2.60. The van der Waals surface area contributed by atoms with Crippen LogP contribution in [0.3, 0.4) is 0 Å². The van der Waals surface area contributed by atoms with Crippen molar-refractivity contribution in [2.45, 2.75) is 18.2 Å². The molecule has 0 radical (unpaired) electrons. The second-order valence-electron chi connectivity index (χ2n) is 5.82. The molecule has 0 aliphatic carbocycles. The van der Waals surface area contributed by atoms with Gasteiger partial charge < -0.3 is 10.6 Å². The Hall–Kier alpha value is -2.90. The van der Waals surface area contributed by atoms with Crippen LogP contribution in [0.1, 0.15) is 16.8 Å². The maximum Gasteiger partial charge on any atom is 0.235 e. The number of nitrogens with one attached hydrogen (secondary N) is 2. The van der Waals surface area contributed by atoms with Gasteiger partial charge in [0.25, 0.3) is 0 Å². The van der Waals surface area contributed by atoms with Crippen LogP contribution in [-0.2, 0) is 4.79 Å². The third-order valence-corrected chi connectivity index (χ3v) is 6.17. The molecule has 0 saturated carbocycles. The molecule has 28 heavy (non-hydrogen) atoms. The molecule has 1 amide bonds. The molecule has 0 unspecified atom stereocenters. The number of rotatable bonds is 6. The number of carbonyl (C=O) groups is 1. The first-order chi connectivity index (χ1) is 13.4. The average molecular weight is 417 g/mol. The van der Waals surface area contributed by atoms with Gasteiger partial charge in [0.05, 0.1) is 17.0 Å². The number of anilines is 2. The molecular formula is C18H17FN6OS2. The largest absolute Gasteiger partial charge is 0.363 e. The predicted octanol–water partition coefficient (Wildman–Crippen LogP) is 3.73. The average Bonchev–Trinajstić information content (AvgIpc) is 3.23. The van der Waals surface area contributed by atoms with Crippen molar-refractivity contribution in [3.05, 3.63) is 46.9 Å².